The lowest BCUT2D eigenvalue weighted by Gasteiger charge is -2.24. The minimum atomic E-state index is -4.78. The fourth-order valence-corrected chi connectivity index (χ4v) is 2.39. The number of carbonyl (C=O) groups excluding carboxylic acids is 1. The Labute approximate surface area is 127 Å². The van der Waals surface area contributed by atoms with Crippen molar-refractivity contribution in [3.63, 3.8) is 0 Å². The fraction of sp³-hybridized carbons (Fsp3) is 0.417. The van der Waals surface area contributed by atoms with Gasteiger partial charge in [0.25, 0.3) is 5.69 Å². The van der Waals surface area contributed by atoms with E-state index in [1.807, 2.05) is 0 Å². The summed E-state index contributed by atoms with van der Waals surface area (Å²) in [5.41, 5.74) is -2.08. The zero-order valence-corrected chi connectivity index (χ0v) is 11.8. The van der Waals surface area contributed by atoms with Gasteiger partial charge in [0, 0.05) is 25.1 Å². The van der Waals surface area contributed by atoms with Crippen LogP contribution >= 0.6 is 11.6 Å². The quantitative estimate of drug-likeness (QED) is 0.656. The van der Waals surface area contributed by atoms with Gasteiger partial charge < -0.3 is 10.6 Å². The minimum absolute atomic E-state index is 0.107. The number of carbonyl (C=O) groups is 1. The molecule has 1 atom stereocenters. The van der Waals surface area contributed by atoms with Gasteiger partial charge in [0.1, 0.15) is 5.69 Å². The van der Waals surface area contributed by atoms with Crippen molar-refractivity contribution in [3.05, 3.63) is 32.8 Å². The summed E-state index contributed by atoms with van der Waals surface area (Å²) in [6.45, 7) is 0.231. The molecule has 10 heteroatoms. The van der Waals surface area contributed by atoms with E-state index >= 15 is 0 Å². The first-order valence-corrected chi connectivity index (χ1v) is 6.64. The van der Waals surface area contributed by atoms with Gasteiger partial charge in [-0.25, -0.2) is 0 Å². The van der Waals surface area contributed by atoms with Gasteiger partial charge in [-0.15, -0.1) is 0 Å². The van der Waals surface area contributed by atoms with Crippen LogP contribution in [0, 0.1) is 10.1 Å². The van der Waals surface area contributed by atoms with E-state index in [0.29, 0.717) is 12.5 Å². The molecule has 1 aromatic rings. The first-order chi connectivity index (χ1) is 10.2. The van der Waals surface area contributed by atoms with Crippen LogP contribution in [-0.2, 0) is 11.0 Å². The lowest BCUT2D eigenvalue weighted by atomic mass is 10.1. The summed E-state index contributed by atoms with van der Waals surface area (Å²) in [5, 5.41) is 15.7. The fourth-order valence-electron chi connectivity index (χ4n) is 2.12. The van der Waals surface area contributed by atoms with E-state index in [2.05, 4.69) is 10.6 Å². The first kappa shape index (κ1) is 16.3. The molecule has 6 nitrogen and oxygen atoms in total. The molecule has 0 radical (unpaired) electrons. The number of rotatable bonds is 3. The molecule has 2 rings (SSSR count). The smallest absolute Gasteiger partial charge is 0.375 e. The number of benzene rings is 1. The van der Waals surface area contributed by atoms with Crippen molar-refractivity contribution >= 4 is 28.9 Å². The Bertz CT molecular complexity index is 612. The molecular formula is C12H11ClF3N3O3. The molecule has 1 unspecified atom stereocenters. The number of anilines is 1. The summed E-state index contributed by atoms with van der Waals surface area (Å²) >= 11 is 5.58. The van der Waals surface area contributed by atoms with Gasteiger partial charge in [-0.2, -0.15) is 13.2 Å². The van der Waals surface area contributed by atoms with E-state index in [9.17, 15) is 28.1 Å². The molecule has 0 aliphatic carbocycles. The maximum Gasteiger partial charge on any atom is 0.418 e. The van der Waals surface area contributed by atoms with Crippen molar-refractivity contribution in [1.82, 2.24) is 5.32 Å². The Kier molecular flexibility index (Phi) is 4.45. The molecule has 1 aliphatic rings. The van der Waals surface area contributed by atoms with Gasteiger partial charge in [-0.1, -0.05) is 11.6 Å². The minimum Gasteiger partial charge on any atom is -0.375 e. The molecule has 1 aliphatic heterocycles. The molecule has 0 bridgehead atoms. The molecule has 1 saturated heterocycles. The molecule has 0 saturated carbocycles. The van der Waals surface area contributed by atoms with E-state index < -0.39 is 27.4 Å². The van der Waals surface area contributed by atoms with Crippen LogP contribution in [0.3, 0.4) is 0 Å². The average Bonchev–Trinajstić information content (AvgIpc) is 2.39. The third-order valence-electron chi connectivity index (χ3n) is 3.21. The zero-order valence-electron chi connectivity index (χ0n) is 11.0. The number of piperidine rings is 1. The van der Waals surface area contributed by atoms with Gasteiger partial charge in [-0.05, 0) is 12.5 Å². The summed E-state index contributed by atoms with van der Waals surface area (Å²) < 4.78 is 38.3. The highest BCUT2D eigenvalue weighted by molar-refractivity contribution is 6.31. The van der Waals surface area contributed by atoms with Gasteiger partial charge in [0.05, 0.1) is 15.5 Å². The molecule has 2 N–H and O–H groups in total. The lowest BCUT2D eigenvalue weighted by molar-refractivity contribution is -0.384. The summed E-state index contributed by atoms with van der Waals surface area (Å²) in [6.07, 6.45) is -4.12. The molecule has 120 valence electrons. The normalized spacial score (nSPS) is 18.7. The van der Waals surface area contributed by atoms with Crippen molar-refractivity contribution in [2.24, 2.45) is 0 Å². The van der Waals surface area contributed by atoms with Crippen LogP contribution in [0.25, 0.3) is 0 Å². The summed E-state index contributed by atoms with van der Waals surface area (Å²) in [6, 6.07) is 0.981. The molecule has 0 aromatic heterocycles. The van der Waals surface area contributed by atoms with Gasteiger partial charge in [0.2, 0.25) is 5.91 Å². The maximum absolute atomic E-state index is 12.8. The highest BCUT2D eigenvalue weighted by Gasteiger charge is 2.36. The molecule has 1 heterocycles. The first-order valence-electron chi connectivity index (χ1n) is 6.27. The van der Waals surface area contributed by atoms with Crippen molar-refractivity contribution in [1.29, 1.82) is 0 Å². The summed E-state index contributed by atoms with van der Waals surface area (Å²) in [7, 11) is 0. The Morgan fingerprint density at radius 2 is 2.09 bits per heavy atom. The van der Waals surface area contributed by atoms with Crippen LogP contribution in [0.5, 0.6) is 0 Å². The largest absolute Gasteiger partial charge is 0.418 e. The third kappa shape index (κ3) is 3.59. The van der Waals surface area contributed by atoms with Crippen LogP contribution in [0.2, 0.25) is 5.02 Å². The number of amides is 1. The number of nitro benzene ring substituents is 1. The maximum atomic E-state index is 12.8. The van der Waals surface area contributed by atoms with E-state index in [4.69, 9.17) is 11.6 Å². The van der Waals surface area contributed by atoms with Crippen LogP contribution in [0.4, 0.5) is 24.5 Å². The SMILES string of the molecule is O=C1CCC(Nc2cc(Cl)c(C(F)(F)F)cc2[N+](=O)[O-])CN1. The highest BCUT2D eigenvalue weighted by atomic mass is 35.5. The molecule has 1 fully saturated rings. The van der Waals surface area contributed by atoms with Gasteiger partial charge >= 0.3 is 6.18 Å². The molecule has 1 amide bonds. The van der Waals surface area contributed by atoms with E-state index in [1.165, 1.54) is 0 Å². The summed E-state index contributed by atoms with van der Waals surface area (Å²) in [5.74, 6) is -0.141. The number of hydrogen-bond acceptors (Lipinski definition) is 4. The number of hydrogen-bond donors (Lipinski definition) is 2. The highest BCUT2D eigenvalue weighted by Crippen LogP contribution is 2.40. The van der Waals surface area contributed by atoms with Crippen LogP contribution in [0.15, 0.2) is 12.1 Å². The lowest BCUT2D eigenvalue weighted by Crippen LogP contribution is -2.42. The zero-order chi connectivity index (χ0) is 16.5. The van der Waals surface area contributed by atoms with Crippen LogP contribution in [0.1, 0.15) is 18.4 Å². The number of nitrogens with zero attached hydrogens (tertiary/aromatic N) is 1. The van der Waals surface area contributed by atoms with E-state index in [1.54, 1.807) is 0 Å². The Hall–Kier alpha value is -2.03. The van der Waals surface area contributed by atoms with Gasteiger partial charge in [0.15, 0.2) is 0 Å². The van der Waals surface area contributed by atoms with Crippen LogP contribution in [-0.4, -0.2) is 23.4 Å². The second-order valence-electron chi connectivity index (χ2n) is 4.79. The third-order valence-corrected chi connectivity index (χ3v) is 3.53. The predicted molar refractivity (Wildman–Crippen MR) is 72.8 cm³/mol. The molecule has 1 aromatic carbocycles. The number of nitro groups is 1. The second-order valence-corrected chi connectivity index (χ2v) is 5.20. The molecular weight excluding hydrogens is 327 g/mol. The van der Waals surface area contributed by atoms with Crippen molar-refractivity contribution in [2.75, 3.05) is 11.9 Å². The summed E-state index contributed by atoms with van der Waals surface area (Å²) in [4.78, 5) is 21.1. The Morgan fingerprint density at radius 3 is 2.59 bits per heavy atom. The van der Waals surface area contributed by atoms with Crippen molar-refractivity contribution in [2.45, 2.75) is 25.1 Å². The van der Waals surface area contributed by atoms with Crippen molar-refractivity contribution < 1.29 is 22.9 Å². The Balaban J connectivity index is 2.32. The average molecular weight is 338 g/mol. The molecule has 0 spiro atoms. The monoisotopic (exact) mass is 337 g/mol. The number of nitrogens with one attached hydrogen (secondary N) is 2. The van der Waals surface area contributed by atoms with Crippen LogP contribution < -0.4 is 10.6 Å². The van der Waals surface area contributed by atoms with E-state index in [-0.39, 0.29) is 30.6 Å². The van der Waals surface area contributed by atoms with E-state index in [0.717, 1.165) is 6.07 Å². The number of alkyl halides is 3. The van der Waals surface area contributed by atoms with Gasteiger partial charge in [-0.3, -0.25) is 14.9 Å². The predicted octanol–water partition coefficient (Wildman–Crippen LogP) is 2.96. The topological polar surface area (TPSA) is 84.3 Å². The van der Waals surface area contributed by atoms with Crippen molar-refractivity contribution in [3.8, 4) is 0 Å². The standard InChI is InChI=1S/C12H11ClF3N3O3/c13-8-4-9(18-6-1-2-11(20)17-5-6)10(19(21)22)3-7(8)12(14,15)16/h3-4,6,18H,1-2,5H2,(H,17,20). The second kappa shape index (κ2) is 5.99. The molecule has 22 heavy (non-hydrogen) atoms. The Morgan fingerprint density at radius 1 is 1.41 bits per heavy atom. The number of halogens is 4.